The highest BCUT2D eigenvalue weighted by Gasteiger charge is 2.05. The summed E-state index contributed by atoms with van der Waals surface area (Å²) in [5, 5.41) is 4.64. The number of rotatable bonds is 0. The van der Waals surface area contributed by atoms with E-state index in [2.05, 4.69) is 10.1 Å². The van der Waals surface area contributed by atoms with Crippen LogP contribution < -0.4 is 0 Å². The predicted molar refractivity (Wildman–Crippen MR) is 47.5 cm³/mol. The summed E-state index contributed by atoms with van der Waals surface area (Å²) in [5.74, 6) is 0. The quantitative estimate of drug-likeness (QED) is 0.582. The van der Waals surface area contributed by atoms with E-state index in [1.54, 1.807) is 4.52 Å². The molecule has 12 heavy (non-hydrogen) atoms. The molecule has 0 radical (unpaired) electrons. The monoisotopic (exact) mass is 181 g/mol. The second kappa shape index (κ2) is 2.45. The molecule has 62 valence electrons. The molecule has 2 rings (SSSR count). The minimum Gasteiger partial charge on any atom is -0.215 e. The van der Waals surface area contributed by atoms with Crippen molar-refractivity contribution in [2.24, 2.45) is 0 Å². The number of halogens is 1. The van der Waals surface area contributed by atoms with Gasteiger partial charge in [-0.25, -0.2) is 9.50 Å². The number of aromatic nitrogens is 3. The van der Waals surface area contributed by atoms with Gasteiger partial charge < -0.3 is 0 Å². The smallest absolute Gasteiger partial charge is 0.157 e. The zero-order chi connectivity index (χ0) is 8.72. The van der Waals surface area contributed by atoms with Gasteiger partial charge >= 0.3 is 0 Å². The molecule has 0 bridgehead atoms. The predicted octanol–water partition coefficient (Wildman–Crippen LogP) is 2.00. The molecule has 0 amide bonds. The molecule has 0 atom stereocenters. The van der Waals surface area contributed by atoms with Crippen LogP contribution in [0.15, 0.2) is 12.4 Å². The minimum absolute atomic E-state index is 0.641. The molecule has 0 saturated heterocycles. The molecule has 0 aromatic carbocycles. The molecule has 0 N–H and O–H groups in total. The fourth-order valence-corrected chi connectivity index (χ4v) is 1.40. The summed E-state index contributed by atoms with van der Waals surface area (Å²) in [6.45, 7) is 3.98. The van der Waals surface area contributed by atoms with Gasteiger partial charge in [0.1, 0.15) is 11.5 Å². The lowest BCUT2D eigenvalue weighted by Crippen LogP contribution is -1.94. The number of aryl methyl sites for hydroxylation is 1. The number of fused-ring (bicyclic) bond motifs is 1. The van der Waals surface area contributed by atoms with Gasteiger partial charge in [-0.1, -0.05) is 11.6 Å². The Morgan fingerprint density at radius 2 is 2.17 bits per heavy atom. The van der Waals surface area contributed by atoms with Gasteiger partial charge in [-0.3, -0.25) is 0 Å². The van der Waals surface area contributed by atoms with Crippen LogP contribution in [0.5, 0.6) is 0 Å². The minimum atomic E-state index is 0.641. The Labute approximate surface area is 75.0 Å². The lowest BCUT2D eigenvalue weighted by molar-refractivity contribution is 0.947. The van der Waals surface area contributed by atoms with E-state index >= 15 is 0 Å². The lowest BCUT2D eigenvalue weighted by Gasteiger charge is -2.03. The maximum absolute atomic E-state index is 6.03. The number of hydrogen-bond acceptors (Lipinski definition) is 2. The molecule has 2 heterocycles. The van der Waals surface area contributed by atoms with E-state index in [0.717, 1.165) is 16.8 Å². The van der Waals surface area contributed by atoms with Crippen molar-refractivity contribution in [3.05, 3.63) is 28.7 Å². The van der Waals surface area contributed by atoms with Crippen molar-refractivity contribution in [2.45, 2.75) is 13.8 Å². The first kappa shape index (κ1) is 7.55. The fraction of sp³-hybridized carbons (Fsp3) is 0.250. The molecule has 0 aliphatic carbocycles. The largest absolute Gasteiger partial charge is 0.215 e. The highest BCUT2D eigenvalue weighted by atomic mass is 35.5. The van der Waals surface area contributed by atoms with E-state index in [1.807, 2.05) is 19.9 Å². The van der Waals surface area contributed by atoms with Crippen LogP contribution in [0.2, 0.25) is 5.15 Å². The topological polar surface area (TPSA) is 30.2 Å². The van der Waals surface area contributed by atoms with Crippen molar-refractivity contribution >= 4 is 17.2 Å². The van der Waals surface area contributed by atoms with Crippen LogP contribution in [-0.4, -0.2) is 14.6 Å². The summed E-state index contributed by atoms with van der Waals surface area (Å²) >= 11 is 6.03. The van der Waals surface area contributed by atoms with Crippen molar-refractivity contribution in [1.29, 1.82) is 0 Å². The molecule has 0 aliphatic heterocycles. The van der Waals surface area contributed by atoms with Crippen LogP contribution >= 0.6 is 11.6 Å². The molecule has 0 aliphatic rings. The Balaban J connectivity index is 2.94. The van der Waals surface area contributed by atoms with Gasteiger partial charge in [-0.15, -0.1) is 0 Å². The van der Waals surface area contributed by atoms with Gasteiger partial charge in [0.25, 0.3) is 0 Å². The van der Waals surface area contributed by atoms with E-state index < -0.39 is 0 Å². The summed E-state index contributed by atoms with van der Waals surface area (Å²) in [7, 11) is 0. The summed E-state index contributed by atoms with van der Waals surface area (Å²) < 4.78 is 1.63. The van der Waals surface area contributed by atoms with Crippen LogP contribution in [0.25, 0.3) is 5.65 Å². The zero-order valence-corrected chi connectivity index (χ0v) is 7.63. The number of pyridine rings is 1. The molecule has 2 aromatic rings. The molecule has 0 fully saturated rings. The van der Waals surface area contributed by atoms with Crippen molar-refractivity contribution < 1.29 is 0 Å². The molecule has 0 spiro atoms. The highest BCUT2D eigenvalue weighted by Crippen LogP contribution is 2.19. The van der Waals surface area contributed by atoms with Gasteiger partial charge in [-0.05, 0) is 31.0 Å². The Morgan fingerprint density at radius 3 is 2.92 bits per heavy atom. The Morgan fingerprint density at radius 1 is 1.42 bits per heavy atom. The molecular formula is C8H8ClN3. The summed E-state index contributed by atoms with van der Waals surface area (Å²) in [4.78, 5) is 4.05. The van der Waals surface area contributed by atoms with Crippen LogP contribution in [0, 0.1) is 13.8 Å². The molecular weight excluding hydrogens is 174 g/mol. The lowest BCUT2D eigenvalue weighted by atomic mass is 10.2. The Hall–Kier alpha value is -1.09. The van der Waals surface area contributed by atoms with E-state index in [0.29, 0.717) is 5.15 Å². The highest BCUT2D eigenvalue weighted by molar-refractivity contribution is 6.30. The van der Waals surface area contributed by atoms with Gasteiger partial charge in [0.2, 0.25) is 0 Å². The third-order valence-corrected chi connectivity index (χ3v) is 2.45. The van der Waals surface area contributed by atoms with Crippen molar-refractivity contribution in [2.75, 3.05) is 0 Å². The second-order valence-corrected chi connectivity index (χ2v) is 3.13. The van der Waals surface area contributed by atoms with Gasteiger partial charge in [0, 0.05) is 0 Å². The summed E-state index contributed by atoms with van der Waals surface area (Å²) in [6.07, 6.45) is 1.50. The first-order chi connectivity index (χ1) is 5.70. The van der Waals surface area contributed by atoms with E-state index in [4.69, 9.17) is 11.6 Å². The van der Waals surface area contributed by atoms with Gasteiger partial charge in [0.15, 0.2) is 5.65 Å². The van der Waals surface area contributed by atoms with Gasteiger partial charge in [0.05, 0.1) is 0 Å². The Kier molecular flexibility index (Phi) is 1.54. The third-order valence-electron chi connectivity index (χ3n) is 2.01. The number of hydrogen-bond donors (Lipinski definition) is 0. The van der Waals surface area contributed by atoms with E-state index in [1.165, 1.54) is 6.33 Å². The van der Waals surface area contributed by atoms with Gasteiger partial charge in [-0.2, -0.15) is 5.10 Å². The van der Waals surface area contributed by atoms with Crippen LogP contribution in [0.1, 0.15) is 11.1 Å². The molecule has 4 heteroatoms. The maximum atomic E-state index is 6.03. The van der Waals surface area contributed by atoms with Crippen molar-refractivity contribution in [3.63, 3.8) is 0 Å². The van der Waals surface area contributed by atoms with E-state index in [9.17, 15) is 0 Å². The average Bonchev–Trinajstić information content (AvgIpc) is 2.48. The van der Waals surface area contributed by atoms with Crippen LogP contribution in [0.4, 0.5) is 0 Å². The second-order valence-electron chi connectivity index (χ2n) is 2.77. The van der Waals surface area contributed by atoms with Crippen molar-refractivity contribution in [3.8, 4) is 0 Å². The standard InChI is InChI=1S/C8H8ClN3/c1-5-3-7-10-4-11-12(7)8(9)6(5)2/h3-4H,1-2H3. The molecule has 0 saturated carbocycles. The zero-order valence-electron chi connectivity index (χ0n) is 6.87. The normalized spacial score (nSPS) is 10.9. The molecule has 0 unspecified atom stereocenters. The molecule has 2 aromatic heterocycles. The molecule has 3 nitrogen and oxygen atoms in total. The van der Waals surface area contributed by atoms with Crippen molar-refractivity contribution in [1.82, 2.24) is 14.6 Å². The first-order valence-corrected chi connectivity index (χ1v) is 4.03. The summed E-state index contributed by atoms with van der Waals surface area (Å²) in [6, 6.07) is 1.97. The first-order valence-electron chi connectivity index (χ1n) is 3.65. The average molecular weight is 182 g/mol. The fourth-order valence-electron chi connectivity index (χ4n) is 1.12. The van der Waals surface area contributed by atoms with Crippen LogP contribution in [0.3, 0.4) is 0 Å². The number of nitrogens with zero attached hydrogens (tertiary/aromatic N) is 3. The van der Waals surface area contributed by atoms with Crippen LogP contribution in [-0.2, 0) is 0 Å². The summed E-state index contributed by atoms with van der Waals surface area (Å²) in [5.41, 5.74) is 2.98. The SMILES string of the molecule is Cc1cc2ncnn2c(Cl)c1C. The van der Waals surface area contributed by atoms with E-state index in [-0.39, 0.29) is 0 Å². The third kappa shape index (κ3) is 0.898. The maximum Gasteiger partial charge on any atom is 0.157 e. The Bertz CT molecular complexity index is 433.